The average Bonchev–Trinajstić information content (AvgIpc) is 2.34. The zero-order valence-electron chi connectivity index (χ0n) is 12.2. The van der Waals surface area contributed by atoms with Crippen LogP contribution in [0.25, 0.3) is 0 Å². The van der Waals surface area contributed by atoms with Gasteiger partial charge in [0.05, 0.1) is 18.8 Å². The quantitative estimate of drug-likeness (QED) is 0.812. The molecule has 2 N–H and O–H groups in total. The van der Waals surface area contributed by atoms with Crippen molar-refractivity contribution in [2.24, 2.45) is 0 Å². The molecule has 0 bridgehead atoms. The predicted octanol–water partition coefficient (Wildman–Crippen LogP) is 1.45. The summed E-state index contributed by atoms with van der Waals surface area (Å²) in [5, 5.41) is 12.0. The van der Waals surface area contributed by atoms with Crippen molar-refractivity contribution in [1.29, 1.82) is 0 Å². The van der Waals surface area contributed by atoms with Gasteiger partial charge in [-0.1, -0.05) is 13.8 Å². The van der Waals surface area contributed by atoms with Gasteiger partial charge in [0.2, 0.25) is 0 Å². The number of carboxylic acid groups (broad SMARTS) is 1. The van der Waals surface area contributed by atoms with Crippen molar-refractivity contribution < 1.29 is 19.4 Å². The highest BCUT2D eigenvalue weighted by molar-refractivity contribution is 5.86. The number of ether oxygens (including phenoxy) is 1. The van der Waals surface area contributed by atoms with Gasteiger partial charge < -0.3 is 20.1 Å². The van der Waals surface area contributed by atoms with Gasteiger partial charge in [0.15, 0.2) is 0 Å². The molecule has 1 fully saturated rings. The lowest BCUT2D eigenvalue weighted by molar-refractivity contribution is -0.145. The lowest BCUT2D eigenvalue weighted by atomic mass is 9.93. The molecule has 1 aliphatic heterocycles. The molecular weight excluding hydrogens is 248 g/mol. The van der Waals surface area contributed by atoms with Crippen LogP contribution in [0.15, 0.2) is 0 Å². The summed E-state index contributed by atoms with van der Waals surface area (Å²) in [4.78, 5) is 25.4. The van der Waals surface area contributed by atoms with E-state index in [-0.39, 0.29) is 6.03 Å². The third kappa shape index (κ3) is 3.18. The Hall–Kier alpha value is -1.30. The minimum atomic E-state index is -1.19. The van der Waals surface area contributed by atoms with E-state index in [0.717, 1.165) is 0 Å². The minimum Gasteiger partial charge on any atom is -0.480 e. The van der Waals surface area contributed by atoms with Gasteiger partial charge in [-0.05, 0) is 26.7 Å². The Morgan fingerprint density at radius 3 is 2.37 bits per heavy atom. The molecular formula is C13H24N2O4. The highest BCUT2D eigenvalue weighted by atomic mass is 16.5. The number of nitrogens with one attached hydrogen (secondary N) is 1. The molecule has 19 heavy (non-hydrogen) atoms. The molecule has 6 nitrogen and oxygen atoms in total. The summed E-state index contributed by atoms with van der Waals surface area (Å²) < 4.78 is 5.36. The fourth-order valence-electron chi connectivity index (χ4n) is 2.29. The number of carbonyl (C=O) groups is 2. The van der Waals surface area contributed by atoms with Crippen LogP contribution in [0, 0.1) is 0 Å². The number of hydrogen-bond donors (Lipinski definition) is 2. The van der Waals surface area contributed by atoms with Gasteiger partial charge in [-0.2, -0.15) is 0 Å². The van der Waals surface area contributed by atoms with E-state index in [9.17, 15) is 14.7 Å². The van der Waals surface area contributed by atoms with Crippen LogP contribution in [-0.2, 0) is 9.53 Å². The van der Waals surface area contributed by atoms with Crippen molar-refractivity contribution in [1.82, 2.24) is 10.2 Å². The van der Waals surface area contributed by atoms with Gasteiger partial charge in [-0.15, -0.1) is 0 Å². The van der Waals surface area contributed by atoms with Crippen molar-refractivity contribution in [2.75, 3.05) is 19.8 Å². The van der Waals surface area contributed by atoms with E-state index in [4.69, 9.17) is 4.74 Å². The molecule has 0 unspecified atom stereocenters. The maximum atomic E-state index is 12.3. The first-order chi connectivity index (χ1) is 8.79. The van der Waals surface area contributed by atoms with Crippen molar-refractivity contribution in [2.45, 2.75) is 51.6 Å². The molecule has 110 valence electrons. The Bertz CT molecular complexity index is 351. The molecule has 0 aliphatic carbocycles. The van der Waals surface area contributed by atoms with Crippen LogP contribution < -0.4 is 5.32 Å². The van der Waals surface area contributed by atoms with Crippen molar-refractivity contribution >= 4 is 12.0 Å². The lowest BCUT2D eigenvalue weighted by Gasteiger charge is -2.43. The Morgan fingerprint density at radius 2 is 1.95 bits per heavy atom. The Kier molecular flexibility index (Phi) is 4.79. The maximum Gasteiger partial charge on any atom is 0.329 e. The number of carboxylic acids is 1. The van der Waals surface area contributed by atoms with Gasteiger partial charge in [0.1, 0.15) is 5.54 Å². The van der Waals surface area contributed by atoms with Crippen LogP contribution in [0.4, 0.5) is 4.79 Å². The van der Waals surface area contributed by atoms with Gasteiger partial charge in [-0.25, -0.2) is 9.59 Å². The van der Waals surface area contributed by atoms with Gasteiger partial charge in [0.25, 0.3) is 0 Å². The van der Waals surface area contributed by atoms with E-state index in [1.54, 1.807) is 18.7 Å². The first kappa shape index (κ1) is 15.8. The lowest BCUT2D eigenvalue weighted by Crippen LogP contribution is -2.63. The zero-order chi connectivity index (χ0) is 14.7. The number of urea groups is 1. The largest absolute Gasteiger partial charge is 0.480 e. The number of morpholine rings is 1. The molecule has 1 saturated heterocycles. The predicted molar refractivity (Wildman–Crippen MR) is 71.1 cm³/mol. The van der Waals surface area contributed by atoms with Crippen LogP contribution in [0.2, 0.25) is 0 Å². The average molecular weight is 272 g/mol. The standard InChI is InChI=1S/C13H24N2O4/c1-5-13(6-2,10(16)17)14-11(18)15-7-8-19-9-12(15,3)4/h5-9H2,1-4H3,(H,14,18)(H,16,17). The van der Waals surface area contributed by atoms with E-state index >= 15 is 0 Å². The fourth-order valence-corrected chi connectivity index (χ4v) is 2.29. The Morgan fingerprint density at radius 1 is 1.37 bits per heavy atom. The fraction of sp³-hybridized carbons (Fsp3) is 0.846. The van der Waals surface area contributed by atoms with E-state index < -0.39 is 17.0 Å². The normalized spacial score (nSPS) is 19.1. The number of carbonyl (C=O) groups excluding carboxylic acids is 1. The smallest absolute Gasteiger partial charge is 0.329 e. The second-order valence-electron chi connectivity index (χ2n) is 5.54. The molecule has 2 amide bonds. The Labute approximate surface area is 114 Å². The van der Waals surface area contributed by atoms with E-state index in [0.29, 0.717) is 32.6 Å². The molecule has 0 radical (unpaired) electrons. The third-order valence-corrected chi connectivity index (χ3v) is 3.85. The topological polar surface area (TPSA) is 78.9 Å². The molecule has 0 saturated carbocycles. The number of hydrogen-bond acceptors (Lipinski definition) is 3. The van der Waals surface area contributed by atoms with Gasteiger partial charge >= 0.3 is 12.0 Å². The molecule has 0 aromatic rings. The summed E-state index contributed by atoms with van der Waals surface area (Å²) >= 11 is 0. The van der Waals surface area contributed by atoms with E-state index in [1.165, 1.54) is 0 Å². The highest BCUT2D eigenvalue weighted by Gasteiger charge is 2.41. The van der Waals surface area contributed by atoms with Crippen LogP contribution in [0.1, 0.15) is 40.5 Å². The number of aliphatic carboxylic acids is 1. The zero-order valence-corrected chi connectivity index (χ0v) is 12.2. The van der Waals surface area contributed by atoms with E-state index in [1.807, 2.05) is 13.8 Å². The monoisotopic (exact) mass is 272 g/mol. The SMILES string of the molecule is CCC(CC)(NC(=O)N1CCOCC1(C)C)C(=O)O. The number of nitrogens with zero attached hydrogens (tertiary/aromatic N) is 1. The summed E-state index contributed by atoms with van der Waals surface area (Å²) in [6.45, 7) is 8.76. The van der Waals surface area contributed by atoms with Crippen molar-refractivity contribution in [3.8, 4) is 0 Å². The molecule has 0 atom stereocenters. The summed E-state index contributed by atoms with van der Waals surface area (Å²) in [6, 6.07) is -0.334. The summed E-state index contributed by atoms with van der Waals surface area (Å²) in [6.07, 6.45) is 0.713. The second kappa shape index (κ2) is 5.77. The molecule has 0 spiro atoms. The molecule has 6 heteroatoms. The number of amides is 2. The van der Waals surface area contributed by atoms with Crippen LogP contribution in [-0.4, -0.2) is 52.8 Å². The molecule has 0 aromatic carbocycles. The van der Waals surface area contributed by atoms with Crippen LogP contribution in [0.5, 0.6) is 0 Å². The van der Waals surface area contributed by atoms with Crippen molar-refractivity contribution in [3.05, 3.63) is 0 Å². The minimum absolute atomic E-state index is 0.334. The van der Waals surface area contributed by atoms with Crippen molar-refractivity contribution in [3.63, 3.8) is 0 Å². The molecule has 1 aliphatic rings. The first-order valence-corrected chi connectivity index (χ1v) is 6.70. The summed E-state index contributed by atoms with van der Waals surface area (Å²) in [5.41, 5.74) is -1.61. The van der Waals surface area contributed by atoms with E-state index in [2.05, 4.69) is 5.32 Å². The number of rotatable bonds is 4. The van der Waals surface area contributed by atoms with Gasteiger partial charge in [-0.3, -0.25) is 0 Å². The second-order valence-corrected chi connectivity index (χ2v) is 5.54. The third-order valence-electron chi connectivity index (χ3n) is 3.85. The first-order valence-electron chi connectivity index (χ1n) is 6.70. The summed E-state index contributed by atoms with van der Waals surface area (Å²) in [7, 11) is 0. The summed E-state index contributed by atoms with van der Waals surface area (Å²) in [5.74, 6) is -0.989. The molecule has 1 rings (SSSR count). The van der Waals surface area contributed by atoms with Crippen LogP contribution >= 0.6 is 0 Å². The highest BCUT2D eigenvalue weighted by Crippen LogP contribution is 2.22. The Balaban J connectivity index is 2.85. The molecule has 1 heterocycles. The van der Waals surface area contributed by atoms with Gasteiger partial charge in [0, 0.05) is 6.54 Å². The van der Waals surface area contributed by atoms with Crippen LogP contribution in [0.3, 0.4) is 0 Å². The molecule has 0 aromatic heterocycles. The maximum absolute atomic E-state index is 12.3.